The van der Waals surface area contributed by atoms with Crippen molar-refractivity contribution in [3.8, 4) is 11.5 Å². The van der Waals surface area contributed by atoms with Crippen LogP contribution in [-0.4, -0.2) is 38.3 Å². The summed E-state index contributed by atoms with van der Waals surface area (Å²) in [6, 6.07) is 2.98. The highest BCUT2D eigenvalue weighted by Gasteiger charge is 2.21. The Morgan fingerprint density at radius 2 is 2.06 bits per heavy atom. The number of aromatic amines is 1. The van der Waals surface area contributed by atoms with Crippen molar-refractivity contribution in [2.45, 2.75) is 39.3 Å². The molecule has 3 heterocycles. The molecule has 2 aromatic heterocycles. The molecule has 1 N–H and O–H groups in total. The summed E-state index contributed by atoms with van der Waals surface area (Å²) < 4.78 is 19.5. The van der Waals surface area contributed by atoms with Crippen molar-refractivity contribution in [2.75, 3.05) is 13.2 Å². The summed E-state index contributed by atoms with van der Waals surface area (Å²) in [6.07, 6.45) is 2.34. The van der Waals surface area contributed by atoms with Crippen LogP contribution in [0.2, 0.25) is 5.02 Å². The van der Waals surface area contributed by atoms with E-state index in [1.807, 2.05) is 6.92 Å². The van der Waals surface area contributed by atoms with E-state index in [9.17, 15) is 14.4 Å². The Balaban J connectivity index is 1.60. The van der Waals surface area contributed by atoms with Crippen LogP contribution in [0.1, 0.15) is 42.4 Å². The summed E-state index contributed by atoms with van der Waals surface area (Å²) in [5, 5.41) is 0.255. The molecule has 170 valence electrons. The lowest BCUT2D eigenvalue weighted by atomic mass is 10.2. The Morgan fingerprint density at radius 1 is 1.28 bits per heavy atom. The molecule has 4 rings (SSSR count). The minimum absolute atomic E-state index is 0.197. The monoisotopic (exact) mass is 462 g/mol. The Kier molecular flexibility index (Phi) is 6.22. The number of benzene rings is 1. The molecule has 1 aromatic carbocycles. The smallest absolute Gasteiger partial charge is 0.338 e. The fourth-order valence-corrected chi connectivity index (χ4v) is 3.77. The second-order valence-electron chi connectivity index (χ2n) is 7.44. The zero-order chi connectivity index (χ0) is 22.8. The van der Waals surface area contributed by atoms with Gasteiger partial charge in [-0.25, -0.2) is 14.6 Å². The molecule has 0 fully saturated rings. The maximum absolute atomic E-state index is 12.7. The molecule has 1 aliphatic rings. The van der Waals surface area contributed by atoms with Crippen LogP contribution in [0.25, 0.3) is 11.2 Å². The number of aromatic nitrogens is 4. The molecular weight excluding hydrogens is 440 g/mol. The number of halogens is 1. The number of ether oxygens (including phenoxy) is 3. The second-order valence-corrected chi connectivity index (χ2v) is 7.84. The number of carbonyl (C=O) groups is 1. The standard InChI is InChI=1S/C21H23ClN4O6/c1-3-4-6-26-18-16(19(27)24-21(26)29)25(2)15(23-18)11-32-20(28)12-9-13(22)17-14(10-12)30-7-5-8-31-17/h9-10H,3-8,11H2,1-2H3,(H,24,27,29). The van der Waals surface area contributed by atoms with Crippen LogP contribution in [0.3, 0.4) is 0 Å². The Labute approximate surface area is 187 Å². The number of unbranched alkanes of at least 4 members (excludes halogenated alkanes) is 1. The summed E-state index contributed by atoms with van der Waals surface area (Å²) in [4.78, 5) is 44.0. The highest BCUT2D eigenvalue weighted by atomic mass is 35.5. The second kappa shape index (κ2) is 9.07. The number of nitrogens with zero attached hydrogens (tertiary/aromatic N) is 3. The molecule has 3 aromatic rings. The zero-order valence-electron chi connectivity index (χ0n) is 17.8. The van der Waals surface area contributed by atoms with Gasteiger partial charge in [-0.05, 0) is 18.6 Å². The number of carbonyl (C=O) groups excluding carboxylic acids is 1. The zero-order valence-corrected chi connectivity index (χ0v) is 18.5. The average molecular weight is 463 g/mol. The lowest BCUT2D eigenvalue weighted by Gasteiger charge is -2.11. The van der Waals surface area contributed by atoms with Crippen molar-refractivity contribution in [1.82, 2.24) is 19.1 Å². The van der Waals surface area contributed by atoms with Crippen molar-refractivity contribution in [3.63, 3.8) is 0 Å². The van der Waals surface area contributed by atoms with E-state index >= 15 is 0 Å². The molecule has 11 heteroatoms. The number of fused-ring (bicyclic) bond motifs is 2. The van der Waals surface area contributed by atoms with Gasteiger partial charge in [0.1, 0.15) is 12.4 Å². The van der Waals surface area contributed by atoms with Crippen LogP contribution >= 0.6 is 11.6 Å². The van der Waals surface area contributed by atoms with E-state index in [0.29, 0.717) is 43.5 Å². The fraction of sp³-hybridized carbons (Fsp3) is 0.429. The lowest BCUT2D eigenvalue weighted by Crippen LogP contribution is -2.31. The highest BCUT2D eigenvalue weighted by molar-refractivity contribution is 6.32. The number of nitrogens with one attached hydrogen (secondary N) is 1. The van der Waals surface area contributed by atoms with E-state index in [1.54, 1.807) is 7.05 Å². The van der Waals surface area contributed by atoms with E-state index in [4.69, 9.17) is 25.8 Å². The van der Waals surface area contributed by atoms with Gasteiger partial charge in [0.15, 0.2) is 22.7 Å². The first-order valence-corrected chi connectivity index (χ1v) is 10.7. The van der Waals surface area contributed by atoms with Crippen molar-refractivity contribution >= 4 is 28.7 Å². The van der Waals surface area contributed by atoms with Gasteiger partial charge in [0.2, 0.25) is 0 Å². The largest absolute Gasteiger partial charge is 0.489 e. The number of hydrogen-bond donors (Lipinski definition) is 1. The molecule has 0 saturated carbocycles. The fourth-order valence-electron chi connectivity index (χ4n) is 3.51. The molecule has 0 saturated heterocycles. The average Bonchev–Trinajstić information content (AvgIpc) is 2.93. The molecule has 0 unspecified atom stereocenters. The van der Waals surface area contributed by atoms with Crippen LogP contribution < -0.4 is 20.7 Å². The first kappa shape index (κ1) is 21.9. The first-order chi connectivity index (χ1) is 15.4. The number of rotatable bonds is 6. The van der Waals surface area contributed by atoms with E-state index in [-0.39, 0.29) is 28.4 Å². The van der Waals surface area contributed by atoms with Gasteiger partial charge in [0.05, 0.1) is 23.8 Å². The van der Waals surface area contributed by atoms with Crippen molar-refractivity contribution in [2.24, 2.45) is 7.05 Å². The van der Waals surface area contributed by atoms with Gasteiger partial charge in [-0.15, -0.1) is 0 Å². The molecule has 32 heavy (non-hydrogen) atoms. The third-order valence-electron chi connectivity index (χ3n) is 5.21. The highest BCUT2D eigenvalue weighted by Crippen LogP contribution is 2.38. The van der Waals surface area contributed by atoms with Gasteiger partial charge < -0.3 is 18.8 Å². The summed E-state index contributed by atoms with van der Waals surface area (Å²) in [5.41, 5.74) is -0.347. The molecule has 0 atom stereocenters. The molecule has 0 radical (unpaired) electrons. The van der Waals surface area contributed by atoms with Crippen LogP contribution in [0.5, 0.6) is 11.5 Å². The first-order valence-electron chi connectivity index (χ1n) is 10.4. The molecule has 10 nitrogen and oxygen atoms in total. The van der Waals surface area contributed by atoms with Gasteiger partial charge in [0.25, 0.3) is 5.56 Å². The van der Waals surface area contributed by atoms with Crippen molar-refractivity contribution in [1.29, 1.82) is 0 Å². The minimum atomic E-state index is -0.633. The Bertz CT molecular complexity index is 1290. The summed E-state index contributed by atoms with van der Waals surface area (Å²) in [7, 11) is 1.63. The SMILES string of the molecule is CCCCn1c(=O)[nH]c(=O)c2c1nc(COC(=O)c1cc(Cl)c3c(c1)OCCCO3)n2C. The predicted octanol–water partition coefficient (Wildman–Crippen LogP) is 2.40. The number of aryl methyl sites for hydroxylation is 2. The van der Waals surface area contributed by atoms with Crippen molar-refractivity contribution in [3.05, 3.63) is 49.4 Å². The molecule has 0 spiro atoms. The van der Waals surface area contributed by atoms with E-state index in [2.05, 4.69) is 9.97 Å². The molecule has 0 aliphatic carbocycles. The van der Waals surface area contributed by atoms with Gasteiger partial charge >= 0.3 is 11.7 Å². The molecule has 1 aliphatic heterocycles. The Morgan fingerprint density at radius 3 is 2.84 bits per heavy atom. The van der Waals surface area contributed by atoms with E-state index in [1.165, 1.54) is 21.3 Å². The van der Waals surface area contributed by atoms with E-state index < -0.39 is 17.2 Å². The molecule has 0 amide bonds. The molecular formula is C21H23ClN4O6. The van der Waals surface area contributed by atoms with Gasteiger partial charge in [-0.1, -0.05) is 24.9 Å². The minimum Gasteiger partial charge on any atom is -0.489 e. The summed E-state index contributed by atoms with van der Waals surface area (Å²) in [6.45, 7) is 3.16. The number of esters is 1. The summed E-state index contributed by atoms with van der Waals surface area (Å²) >= 11 is 6.25. The topological polar surface area (TPSA) is 117 Å². The van der Waals surface area contributed by atoms with E-state index in [0.717, 1.165) is 12.8 Å². The molecule has 0 bridgehead atoms. The maximum atomic E-state index is 12.7. The van der Waals surface area contributed by atoms with Gasteiger partial charge in [-0.3, -0.25) is 14.3 Å². The number of hydrogen-bond acceptors (Lipinski definition) is 7. The van der Waals surface area contributed by atoms with Crippen LogP contribution in [0.15, 0.2) is 21.7 Å². The maximum Gasteiger partial charge on any atom is 0.338 e. The van der Waals surface area contributed by atoms with Crippen LogP contribution in [0, 0.1) is 0 Å². The Hall–Kier alpha value is -3.27. The lowest BCUT2D eigenvalue weighted by molar-refractivity contribution is 0.0459. The number of H-pyrrole nitrogens is 1. The van der Waals surface area contributed by atoms with Crippen LogP contribution in [-0.2, 0) is 24.9 Å². The predicted molar refractivity (Wildman–Crippen MR) is 117 cm³/mol. The third kappa shape index (κ3) is 4.10. The quantitative estimate of drug-likeness (QED) is 0.559. The third-order valence-corrected chi connectivity index (χ3v) is 5.49. The normalized spacial score (nSPS) is 13.2. The van der Waals surface area contributed by atoms with Gasteiger partial charge in [0, 0.05) is 20.0 Å². The van der Waals surface area contributed by atoms with Crippen molar-refractivity contribution < 1.29 is 19.0 Å². The van der Waals surface area contributed by atoms with Gasteiger partial charge in [-0.2, -0.15) is 0 Å². The summed E-state index contributed by atoms with van der Waals surface area (Å²) in [5.74, 6) is 0.485. The van der Waals surface area contributed by atoms with Crippen LogP contribution in [0.4, 0.5) is 0 Å². The number of imidazole rings is 1.